The first kappa shape index (κ1) is 23.7. The van der Waals surface area contributed by atoms with Gasteiger partial charge >= 0.3 is 5.97 Å². The maximum atomic E-state index is 11.2. The van der Waals surface area contributed by atoms with E-state index in [1.807, 2.05) is 39.8 Å². The van der Waals surface area contributed by atoms with Crippen LogP contribution in [-0.2, 0) is 0 Å². The van der Waals surface area contributed by atoms with Gasteiger partial charge in [-0.2, -0.15) is 0 Å². The number of carboxylic acids is 1. The second kappa shape index (κ2) is 11.0. The average molecular weight is 405 g/mol. The number of hydrogen-bond donors (Lipinski definition) is 1. The van der Waals surface area contributed by atoms with E-state index in [2.05, 4.69) is 44.2 Å². The third-order valence-electron chi connectivity index (χ3n) is 5.84. The highest BCUT2D eigenvalue weighted by molar-refractivity contribution is 5.95. The van der Waals surface area contributed by atoms with Crippen LogP contribution >= 0.6 is 0 Å². The average Bonchev–Trinajstić information content (AvgIpc) is 2.93. The number of carboxylic acid groups (broad SMARTS) is 1. The second-order valence-electron chi connectivity index (χ2n) is 7.66. The van der Waals surface area contributed by atoms with Crippen molar-refractivity contribution in [3.8, 4) is 11.1 Å². The van der Waals surface area contributed by atoms with Crippen LogP contribution in [0.15, 0.2) is 54.6 Å². The molecule has 2 nitrogen and oxygen atoms in total. The molecular weight excluding hydrogens is 368 g/mol. The van der Waals surface area contributed by atoms with Crippen molar-refractivity contribution in [2.75, 3.05) is 0 Å². The molecule has 1 aliphatic rings. The van der Waals surface area contributed by atoms with Gasteiger partial charge in [0.25, 0.3) is 0 Å². The lowest BCUT2D eigenvalue weighted by Gasteiger charge is -2.17. The van der Waals surface area contributed by atoms with Gasteiger partial charge in [0.2, 0.25) is 0 Å². The lowest BCUT2D eigenvalue weighted by atomic mass is 9.87. The molecule has 0 heterocycles. The minimum atomic E-state index is -0.884. The van der Waals surface area contributed by atoms with Gasteiger partial charge in [0.1, 0.15) is 0 Å². The molecule has 0 saturated carbocycles. The molecule has 160 valence electrons. The van der Waals surface area contributed by atoms with Crippen LogP contribution in [0.5, 0.6) is 0 Å². The largest absolute Gasteiger partial charge is 0.478 e. The topological polar surface area (TPSA) is 37.3 Å². The zero-order valence-electron chi connectivity index (χ0n) is 19.3. The summed E-state index contributed by atoms with van der Waals surface area (Å²) in [5.41, 5.74) is 5.76. The number of rotatable bonds is 2. The molecule has 0 fully saturated rings. The quantitative estimate of drug-likeness (QED) is 0.434. The minimum absolute atomic E-state index is 0.332. The van der Waals surface area contributed by atoms with Crippen molar-refractivity contribution in [1.82, 2.24) is 0 Å². The summed E-state index contributed by atoms with van der Waals surface area (Å²) >= 11 is 0. The smallest absolute Gasteiger partial charge is 0.335 e. The highest BCUT2D eigenvalue weighted by Gasteiger charge is 2.20. The van der Waals surface area contributed by atoms with Crippen molar-refractivity contribution in [3.63, 3.8) is 0 Å². The van der Waals surface area contributed by atoms with Crippen LogP contribution in [0.3, 0.4) is 0 Å². The van der Waals surface area contributed by atoms with Gasteiger partial charge in [-0.1, -0.05) is 84.4 Å². The summed E-state index contributed by atoms with van der Waals surface area (Å²) < 4.78 is 0. The Kier molecular flexibility index (Phi) is 8.65. The molecule has 3 aromatic rings. The molecule has 0 aromatic heterocycles. The molecule has 1 N–H and O–H groups in total. The Labute approximate surface area is 182 Å². The van der Waals surface area contributed by atoms with Crippen LogP contribution in [0.4, 0.5) is 0 Å². The standard InChI is InChI=1S/C24H24O2.2C2H6/c1-15-4-3-5-16(2)23-14-20(10-11-22(15)23)18-6-7-19-13-21(24(25)26)9-8-17(19)12-18;2*1-2/h6-16H,3-5H2,1-2H3,(H,25,26);2*1-2H3. The Bertz CT molecular complexity index is 987. The van der Waals surface area contributed by atoms with E-state index in [-0.39, 0.29) is 0 Å². The summed E-state index contributed by atoms with van der Waals surface area (Å²) in [5, 5.41) is 11.2. The fourth-order valence-electron chi connectivity index (χ4n) is 4.23. The van der Waals surface area contributed by atoms with Gasteiger partial charge in [0, 0.05) is 0 Å². The summed E-state index contributed by atoms with van der Waals surface area (Å²) in [6.07, 6.45) is 3.84. The van der Waals surface area contributed by atoms with Crippen LogP contribution in [0.1, 0.15) is 94.1 Å². The van der Waals surface area contributed by atoms with Crippen molar-refractivity contribution >= 4 is 16.7 Å². The van der Waals surface area contributed by atoms with Crippen LogP contribution in [-0.4, -0.2) is 11.1 Å². The normalized spacial score (nSPS) is 17.5. The first-order chi connectivity index (χ1) is 14.5. The maximum absolute atomic E-state index is 11.2. The summed E-state index contributed by atoms with van der Waals surface area (Å²) in [6, 6.07) is 18.5. The van der Waals surface area contributed by atoms with Gasteiger partial charge in [0.15, 0.2) is 0 Å². The molecule has 0 aliphatic heterocycles. The molecule has 2 heteroatoms. The molecule has 30 heavy (non-hydrogen) atoms. The van der Waals surface area contributed by atoms with Crippen LogP contribution < -0.4 is 0 Å². The van der Waals surface area contributed by atoms with E-state index in [4.69, 9.17) is 5.11 Å². The monoisotopic (exact) mass is 404 g/mol. The molecule has 4 rings (SSSR count). The first-order valence-electron chi connectivity index (χ1n) is 11.4. The first-order valence-corrected chi connectivity index (χ1v) is 11.4. The molecule has 2 unspecified atom stereocenters. The fraction of sp³-hybridized carbons (Fsp3) is 0.393. The lowest BCUT2D eigenvalue weighted by Crippen LogP contribution is -1.99. The predicted molar refractivity (Wildman–Crippen MR) is 130 cm³/mol. The molecule has 0 saturated heterocycles. The summed E-state index contributed by atoms with van der Waals surface area (Å²) in [7, 11) is 0. The number of fused-ring (bicyclic) bond motifs is 2. The number of benzene rings is 3. The van der Waals surface area contributed by atoms with E-state index in [0.29, 0.717) is 17.4 Å². The van der Waals surface area contributed by atoms with Gasteiger partial charge in [-0.05, 0) is 75.9 Å². The molecule has 2 atom stereocenters. The van der Waals surface area contributed by atoms with E-state index in [1.54, 1.807) is 12.1 Å². The highest BCUT2D eigenvalue weighted by atomic mass is 16.4. The zero-order valence-corrected chi connectivity index (χ0v) is 19.3. The fourth-order valence-corrected chi connectivity index (χ4v) is 4.23. The number of carbonyl (C=O) groups is 1. The molecule has 0 radical (unpaired) electrons. The third-order valence-corrected chi connectivity index (χ3v) is 5.84. The summed E-state index contributed by atoms with van der Waals surface area (Å²) in [6.45, 7) is 12.7. The van der Waals surface area contributed by atoms with E-state index in [1.165, 1.54) is 41.5 Å². The Morgan fingerprint density at radius 1 is 0.733 bits per heavy atom. The molecule has 0 bridgehead atoms. The van der Waals surface area contributed by atoms with E-state index >= 15 is 0 Å². The lowest BCUT2D eigenvalue weighted by molar-refractivity contribution is 0.0697. The van der Waals surface area contributed by atoms with Crippen molar-refractivity contribution in [2.24, 2.45) is 0 Å². The van der Waals surface area contributed by atoms with Crippen LogP contribution in [0.2, 0.25) is 0 Å². The number of hydrogen-bond acceptors (Lipinski definition) is 1. The van der Waals surface area contributed by atoms with Crippen molar-refractivity contribution in [1.29, 1.82) is 0 Å². The second-order valence-corrected chi connectivity index (χ2v) is 7.66. The van der Waals surface area contributed by atoms with Gasteiger partial charge in [-0.15, -0.1) is 0 Å². The SMILES string of the molecule is CC.CC.CC1CCCC(C)c2cc(-c3ccc4cc(C(=O)O)ccc4c3)ccc21. The molecule has 3 aromatic carbocycles. The Hall–Kier alpha value is -2.61. The number of aromatic carboxylic acids is 1. The van der Waals surface area contributed by atoms with E-state index < -0.39 is 5.97 Å². The van der Waals surface area contributed by atoms with Crippen molar-refractivity contribution in [3.05, 3.63) is 71.3 Å². The Morgan fingerprint density at radius 3 is 1.93 bits per heavy atom. The van der Waals surface area contributed by atoms with Gasteiger partial charge in [-0.3, -0.25) is 0 Å². The van der Waals surface area contributed by atoms with E-state index in [0.717, 1.165) is 10.8 Å². The third kappa shape index (κ3) is 5.11. The van der Waals surface area contributed by atoms with Crippen LogP contribution in [0.25, 0.3) is 21.9 Å². The predicted octanol–water partition coefficient (Wildman–Crippen LogP) is 8.65. The van der Waals surface area contributed by atoms with Gasteiger partial charge in [0.05, 0.1) is 5.56 Å². The van der Waals surface area contributed by atoms with Crippen molar-refractivity contribution in [2.45, 2.75) is 72.6 Å². The van der Waals surface area contributed by atoms with Crippen LogP contribution in [0, 0.1) is 0 Å². The molecule has 1 aliphatic carbocycles. The van der Waals surface area contributed by atoms with Crippen molar-refractivity contribution < 1.29 is 9.90 Å². The van der Waals surface area contributed by atoms with Gasteiger partial charge < -0.3 is 5.11 Å². The minimum Gasteiger partial charge on any atom is -0.478 e. The molecule has 0 spiro atoms. The van der Waals surface area contributed by atoms with Gasteiger partial charge in [-0.25, -0.2) is 4.79 Å². The summed E-state index contributed by atoms with van der Waals surface area (Å²) in [5.74, 6) is 0.355. The highest BCUT2D eigenvalue weighted by Crippen LogP contribution is 2.38. The maximum Gasteiger partial charge on any atom is 0.335 e. The molecular formula is C28H36O2. The molecule has 0 amide bonds. The Morgan fingerprint density at radius 2 is 1.27 bits per heavy atom. The summed E-state index contributed by atoms with van der Waals surface area (Å²) in [4.78, 5) is 11.2. The van der Waals surface area contributed by atoms with E-state index in [9.17, 15) is 4.79 Å². The Balaban J connectivity index is 0.000000757. The zero-order chi connectivity index (χ0) is 22.3.